The quantitative estimate of drug-likeness (QED) is 0.319. The molecule has 0 aliphatic heterocycles. The highest BCUT2D eigenvalue weighted by molar-refractivity contribution is 6.08. The topological polar surface area (TPSA) is 122 Å². The van der Waals surface area contributed by atoms with Crippen LogP contribution in [0.3, 0.4) is 0 Å². The number of hydrazine groups is 1. The fraction of sp³-hybridized carbons (Fsp3) is 0.261. The Morgan fingerprint density at radius 3 is 2.44 bits per heavy atom. The molecule has 2 aromatic heterocycles. The van der Waals surface area contributed by atoms with E-state index in [2.05, 4.69) is 33.1 Å². The van der Waals surface area contributed by atoms with Crippen molar-refractivity contribution < 1.29 is 9.59 Å². The first kappa shape index (κ1) is 21.2. The summed E-state index contributed by atoms with van der Waals surface area (Å²) in [5.74, 6) is -1.18. The number of hydrogen-bond donors (Lipinski definition) is 3. The number of benzene rings is 2. The third kappa shape index (κ3) is 4.09. The molecule has 0 fully saturated rings. The molecular weight excluding hydrogens is 408 g/mol. The summed E-state index contributed by atoms with van der Waals surface area (Å²) in [6, 6.07) is 12.4. The van der Waals surface area contributed by atoms with Crippen molar-refractivity contribution >= 4 is 33.5 Å². The number of amides is 2. The number of nitrogens with one attached hydrogen (secondary N) is 3. The molecule has 0 saturated carbocycles. The largest absolute Gasteiger partial charge is 0.290 e. The first-order valence-corrected chi connectivity index (χ1v) is 10.5. The van der Waals surface area contributed by atoms with Gasteiger partial charge in [0.25, 0.3) is 17.4 Å². The Labute approximate surface area is 183 Å². The molecular formula is C23H24N6O3. The van der Waals surface area contributed by atoms with Crippen molar-refractivity contribution in [2.75, 3.05) is 0 Å². The zero-order valence-electron chi connectivity index (χ0n) is 17.9. The molecule has 0 aliphatic carbocycles. The molecule has 0 spiro atoms. The molecule has 32 heavy (non-hydrogen) atoms. The molecule has 3 N–H and O–H groups in total. The summed E-state index contributed by atoms with van der Waals surface area (Å²) < 4.78 is 1.32. The van der Waals surface area contributed by atoms with Gasteiger partial charge in [0.05, 0.1) is 10.9 Å². The van der Waals surface area contributed by atoms with Gasteiger partial charge >= 0.3 is 0 Å². The molecule has 0 aliphatic rings. The molecule has 2 amide bonds. The number of rotatable bonds is 6. The molecule has 4 rings (SSSR count). The van der Waals surface area contributed by atoms with Crippen molar-refractivity contribution in [1.29, 1.82) is 0 Å². The second-order valence-electron chi connectivity index (χ2n) is 7.66. The average molecular weight is 432 g/mol. The van der Waals surface area contributed by atoms with Crippen LogP contribution < -0.4 is 16.4 Å². The normalized spacial score (nSPS) is 11.1. The van der Waals surface area contributed by atoms with E-state index in [-0.39, 0.29) is 16.9 Å². The lowest BCUT2D eigenvalue weighted by Gasteiger charge is -2.11. The summed E-state index contributed by atoms with van der Waals surface area (Å²) in [5, 5.41) is 12.6. The zero-order valence-corrected chi connectivity index (χ0v) is 17.9. The first-order chi connectivity index (χ1) is 15.5. The number of H-pyrrole nitrogens is 1. The highest BCUT2D eigenvalue weighted by Crippen LogP contribution is 2.17. The highest BCUT2D eigenvalue weighted by Gasteiger charge is 2.19. The van der Waals surface area contributed by atoms with Gasteiger partial charge in [0.1, 0.15) is 0 Å². The van der Waals surface area contributed by atoms with Crippen molar-refractivity contribution in [2.45, 2.75) is 39.7 Å². The smallest absolute Gasteiger partial charge is 0.277 e. The molecule has 0 radical (unpaired) electrons. The average Bonchev–Trinajstić information content (AvgIpc) is 3.22. The molecule has 9 heteroatoms. The van der Waals surface area contributed by atoms with Gasteiger partial charge in [-0.2, -0.15) is 10.2 Å². The zero-order chi connectivity index (χ0) is 22.7. The van der Waals surface area contributed by atoms with Crippen LogP contribution in [0.4, 0.5) is 0 Å². The molecule has 0 saturated heterocycles. The summed E-state index contributed by atoms with van der Waals surface area (Å²) in [7, 11) is 0. The van der Waals surface area contributed by atoms with Gasteiger partial charge < -0.3 is 0 Å². The number of aromatic nitrogens is 4. The number of hydrogen-bond acceptors (Lipinski definition) is 5. The van der Waals surface area contributed by atoms with Gasteiger partial charge in [0.2, 0.25) is 0 Å². The summed E-state index contributed by atoms with van der Waals surface area (Å²) in [6.07, 6.45) is 2.74. The maximum Gasteiger partial charge on any atom is 0.290 e. The lowest BCUT2D eigenvalue weighted by atomic mass is 10.1. The molecule has 9 nitrogen and oxygen atoms in total. The fourth-order valence-corrected chi connectivity index (χ4v) is 3.60. The maximum atomic E-state index is 12.9. The standard InChI is InChI=1S/C23H24N6O3/c1-3-4-7-12-29-23(32)16-9-6-5-8-15(16)20(28-29)22(31)27-26-21(30)19-17-13-14(2)10-11-18(17)24-25-19/h5-6,8-11,13H,3-4,7,12H2,1-2H3,(H,24,25)(H,26,30)(H,27,31). The van der Waals surface area contributed by atoms with Crippen LogP contribution >= 0.6 is 0 Å². The minimum Gasteiger partial charge on any atom is -0.277 e. The summed E-state index contributed by atoms with van der Waals surface area (Å²) in [5.41, 5.74) is 6.51. The second kappa shape index (κ2) is 9.01. The third-order valence-corrected chi connectivity index (χ3v) is 5.28. The van der Waals surface area contributed by atoms with E-state index >= 15 is 0 Å². The molecule has 0 atom stereocenters. The number of carbonyl (C=O) groups is 2. The number of unbranched alkanes of at least 4 members (excludes halogenated alkanes) is 2. The van der Waals surface area contributed by atoms with E-state index in [4.69, 9.17) is 0 Å². The van der Waals surface area contributed by atoms with Crippen molar-refractivity contribution in [1.82, 2.24) is 30.8 Å². The Kier molecular flexibility index (Phi) is 5.98. The summed E-state index contributed by atoms with van der Waals surface area (Å²) in [4.78, 5) is 38.3. The third-order valence-electron chi connectivity index (χ3n) is 5.28. The van der Waals surface area contributed by atoms with Gasteiger partial charge in [-0.3, -0.25) is 30.3 Å². The van der Waals surface area contributed by atoms with Crippen LogP contribution in [0, 0.1) is 6.92 Å². The van der Waals surface area contributed by atoms with Gasteiger partial charge in [-0.25, -0.2) is 4.68 Å². The molecule has 2 heterocycles. The Morgan fingerprint density at radius 2 is 1.69 bits per heavy atom. The molecule has 0 bridgehead atoms. The Balaban J connectivity index is 1.59. The number of aryl methyl sites for hydroxylation is 2. The second-order valence-corrected chi connectivity index (χ2v) is 7.66. The fourth-order valence-electron chi connectivity index (χ4n) is 3.60. The van der Waals surface area contributed by atoms with Crippen molar-refractivity contribution in [3.05, 3.63) is 69.8 Å². The predicted octanol–water partition coefficient (Wildman–Crippen LogP) is 2.85. The van der Waals surface area contributed by atoms with Crippen LogP contribution in [0.2, 0.25) is 0 Å². The van der Waals surface area contributed by atoms with Crippen molar-refractivity contribution in [3.8, 4) is 0 Å². The number of nitrogens with zero attached hydrogens (tertiary/aromatic N) is 3. The van der Waals surface area contributed by atoms with Crippen LogP contribution in [0.5, 0.6) is 0 Å². The van der Waals surface area contributed by atoms with Gasteiger partial charge in [-0.15, -0.1) is 0 Å². The Hall–Kier alpha value is -4.01. The van der Waals surface area contributed by atoms with E-state index in [1.807, 2.05) is 25.1 Å². The minimum atomic E-state index is -0.616. The number of aromatic amines is 1. The van der Waals surface area contributed by atoms with Crippen LogP contribution in [0.25, 0.3) is 21.7 Å². The van der Waals surface area contributed by atoms with E-state index in [9.17, 15) is 14.4 Å². The lowest BCUT2D eigenvalue weighted by Crippen LogP contribution is -2.43. The van der Waals surface area contributed by atoms with E-state index in [1.165, 1.54) is 4.68 Å². The van der Waals surface area contributed by atoms with E-state index < -0.39 is 11.8 Å². The van der Waals surface area contributed by atoms with E-state index in [0.717, 1.165) is 30.3 Å². The maximum absolute atomic E-state index is 12.9. The van der Waals surface area contributed by atoms with Crippen LogP contribution in [0.1, 0.15) is 52.7 Å². The Bertz CT molecular complexity index is 1370. The molecule has 2 aromatic carbocycles. The summed E-state index contributed by atoms with van der Waals surface area (Å²) >= 11 is 0. The molecule has 4 aromatic rings. The first-order valence-electron chi connectivity index (χ1n) is 10.5. The monoisotopic (exact) mass is 432 g/mol. The summed E-state index contributed by atoms with van der Waals surface area (Å²) in [6.45, 7) is 4.41. The number of carbonyl (C=O) groups excluding carboxylic acids is 2. The highest BCUT2D eigenvalue weighted by atomic mass is 16.2. The Morgan fingerprint density at radius 1 is 0.969 bits per heavy atom. The van der Waals surface area contributed by atoms with Gasteiger partial charge in [0.15, 0.2) is 11.4 Å². The minimum absolute atomic E-state index is 0.0692. The van der Waals surface area contributed by atoms with E-state index in [1.54, 1.807) is 24.3 Å². The number of fused-ring (bicyclic) bond motifs is 2. The molecule has 0 unspecified atom stereocenters. The van der Waals surface area contributed by atoms with E-state index in [0.29, 0.717) is 22.7 Å². The van der Waals surface area contributed by atoms with Crippen LogP contribution in [0.15, 0.2) is 47.3 Å². The van der Waals surface area contributed by atoms with Crippen molar-refractivity contribution in [3.63, 3.8) is 0 Å². The van der Waals surface area contributed by atoms with Gasteiger partial charge in [-0.05, 0) is 31.5 Å². The molecule has 164 valence electrons. The van der Waals surface area contributed by atoms with Crippen molar-refractivity contribution in [2.24, 2.45) is 0 Å². The SMILES string of the molecule is CCCCCn1nc(C(=O)NNC(=O)c2n[nH]c3ccc(C)cc23)c2ccccc2c1=O. The lowest BCUT2D eigenvalue weighted by molar-refractivity contribution is 0.0841. The predicted molar refractivity (Wildman–Crippen MR) is 121 cm³/mol. The van der Waals surface area contributed by atoms with Crippen LogP contribution in [-0.4, -0.2) is 31.8 Å². The van der Waals surface area contributed by atoms with Gasteiger partial charge in [-0.1, -0.05) is 49.6 Å². The van der Waals surface area contributed by atoms with Crippen LogP contribution in [-0.2, 0) is 6.54 Å². The van der Waals surface area contributed by atoms with Gasteiger partial charge in [0, 0.05) is 17.3 Å².